The zero-order valence-electron chi connectivity index (χ0n) is 12.8. The number of hydrogen-bond donors (Lipinski definition) is 0. The first-order chi connectivity index (χ1) is 11.3. The fourth-order valence-corrected chi connectivity index (χ4v) is 3.38. The maximum Gasteiger partial charge on any atom is 0.254 e. The van der Waals surface area contributed by atoms with Gasteiger partial charge in [0.2, 0.25) is 5.91 Å². The number of rotatable bonds is 2. The van der Waals surface area contributed by atoms with E-state index in [0.717, 1.165) is 18.5 Å². The number of likely N-dealkylation sites (tertiary alicyclic amines) is 1. The van der Waals surface area contributed by atoms with Crippen molar-refractivity contribution >= 4 is 17.5 Å². The van der Waals surface area contributed by atoms with Crippen molar-refractivity contribution in [1.82, 2.24) is 4.90 Å². The number of anilines is 1. The Morgan fingerprint density at radius 2 is 1.65 bits per heavy atom. The van der Waals surface area contributed by atoms with Gasteiger partial charge in [0.25, 0.3) is 5.91 Å². The van der Waals surface area contributed by atoms with Crippen LogP contribution in [-0.4, -0.2) is 35.8 Å². The highest BCUT2D eigenvalue weighted by Gasteiger charge is 2.41. The molecule has 23 heavy (non-hydrogen) atoms. The molecule has 2 aliphatic heterocycles. The molecule has 116 valence electrons. The Hall–Kier alpha value is -2.62. The SMILES string of the molecule is O=C([C@H]1CCN1C(=O)c1ccccc1)N1CCc2ccccc21. The van der Waals surface area contributed by atoms with Crippen LogP contribution >= 0.6 is 0 Å². The van der Waals surface area contributed by atoms with Crippen LogP contribution in [0, 0.1) is 0 Å². The highest BCUT2D eigenvalue weighted by Crippen LogP contribution is 2.31. The molecule has 0 aliphatic carbocycles. The van der Waals surface area contributed by atoms with Gasteiger partial charge < -0.3 is 9.80 Å². The maximum atomic E-state index is 12.9. The van der Waals surface area contributed by atoms with Gasteiger partial charge in [-0.05, 0) is 36.6 Å². The number of benzene rings is 2. The van der Waals surface area contributed by atoms with Crippen molar-refractivity contribution in [2.24, 2.45) is 0 Å². The zero-order valence-corrected chi connectivity index (χ0v) is 12.8. The molecule has 4 nitrogen and oxygen atoms in total. The molecule has 1 atom stereocenters. The lowest BCUT2D eigenvalue weighted by atomic mass is 9.99. The second-order valence-electron chi connectivity index (χ2n) is 6.04. The fourth-order valence-electron chi connectivity index (χ4n) is 3.38. The predicted octanol–water partition coefficient (Wildman–Crippen LogP) is 2.49. The molecule has 0 radical (unpaired) electrons. The van der Waals surface area contributed by atoms with Crippen LogP contribution in [0.3, 0.4) is 0 Å². The molecular formula is C19H18N2O2. The highest BCUT2D eigenvalue weighted by molar-refractivity contribution is 6.04. The molecule has 0 aromatic heterocycles. The molecule has 2 aromatic rings. The first-order valence-electron chi connectivity index (χ1n) is 8.01. The Kier molecular flexibility index (Phi) is 3.37. The number of amides is 2. The Balaban J connectivity index is 1.53. The number of nitrogens with zero attached hydrogens (tertiary/aromatic N) is 2. The fraction of sp³-hybridized carbons (Fsp3) is 0.263. The summed E-state index contributed by atoms with van der Waals surface area (Å²) in [5, 5.41) is 0. The summed E-state index contributed by atoms with van der Waals surface area (Å²) in [6.45, 7) is 1.36. The standard InChI is InChI=1S/C19H18N2O2/c22-18(15-7-2-1-3-8-15)21-13-11-17(21)19(23)20-12-10-14-6-4-5-9-16(14)20/h1-9,17H,10-13H2/t17-/m1/s1. The van der Waals surface area contributed by atoms with E-state index in [-0.39, 0.29) is 17.9 Å². The number of carbonyl (C=O) groups is 2. The van der Waals surface area contributed by atoms with Crippen molar-refractivity contribution in [2.75, 3.05) is 18.0 Å². The van der Waals surface area contributed by atoms with Crippen molar-refractivity contribution in [3.8, 4) is 0 Å². The number of fused-ring (bicyclic) bond motifs is 1. The Morgan fingerprint density at radius 1 is 0.913 bits per heavy atom. The number of carbonyl (C=O) groups excluding carboxylic acids is 2. The van der Waals surface area contributed by atoms with Gasteiger partial charge in [-0.3, -0.25) is 9.59 Å². The summed E-state index contributed by atoms with van der Waals surface area (Å²) in [5.41, 5.74) is 2.85. The van der Waals surface area contributed by atoms with E-state index in [1.165, 1.54) is 5.56 Å². The van der Waals surface area contributed by atoms with Gasteiger partial charge in [-0.2, -0.15) is 0 Å². The molecule has 4 heteroatoms. The second kappa shape index (κ2) is 5.54. The molecule has 1 saturated heterocycles. The summed E-state index contributed by atoms with van der Waals surface area (Å²) >= 11 is 0. The van der Waals surface area contributed by atoms with E-state index in [1.807, 2.05) is 41.3 Å². The summed E-state index contributed by atoms with van der Waals surface area (Å²) in [6.07, 6.45) is 1.64. The quantitative estimate of drug-likeness (QED) is 0.855. The molecular weight excluding hydrogens is 288 g/mol. The van der Waals surface area contributed by atoms with E-state index >= 15 is 0 Å². The molecule has 4 rings (SSSR count). The van der Waals surface area contributed by atoms with E-state index in [0.29, 0.717) is 18.7 Å². The minimum atomic E-state index is -0.325. The molecule has 0 bridgehead atoms. The van der Waals surface area contributed by atoms with Gasteiger partial charge in [-0.25, -0.2) is 0 Å². The molecule has 2 aromatic carbocycles. The van der Waals surface area contributed by atoms with E-state index in [4.69, 9.17) is 0 Å². The van der Waals surface area contributed by atoms with E-state index in [9.17, 15) is 9.59 Å². The van der Waals surface area contributed by atoms with Crippen LogP contribution in [0.2, 0.25) is 0 Å². The molecule has 0 spiro atoms. The Morgan fingerprint density at radius 3 is 2.39 bits per heavy atom. The molecule has 2 amide bonds. The van der Waals surface area contributed by atoms with Crippen LogP contribution in [-0.2, 0) is 11.2 Å². The first-order valence-corrected chi connectivity index (χ1v) is 8.01. The normalized spacial score (nSPS) is 19.2. The summed E-state index contributed by atoms with van der Waals surface area (Å²) in [4.78, 5) is 29.0. The van der Waals surface area contributed by atoms with Crippen LogP contribution < -0.4 is 4.90 Å². The second-order valence-corrected chi connectivity index (χ2v) is 6.04. The minimum Gasteiger partial charge on any atom is -0.326 e. The molecule has 0 unspecified atom stereocenters. The average molecular weight is 306 g/mol. The van der Waals surface area contributed by atoms with Gasteiger partial charge in [0.1, 0.15) is 6.04 Å². The lowest BCUT2D eigenvalue weighted by Gasteiger charge is -2.41. The molecule has 0 saturated carbocycles. The highest BCUT2D eigenvalue weighted by atomic mass is 16.2. The van der Waals surface area contributed by atoms with Crippen molar-refractivity contribution < 1.29 is 9.59 Å². The third kappa shape index (κ3) is 2.31. The zero-order chi connectivity index (χ0) is 15.8. The monoisotopic (exact) mass is 306 g/mol. The molecule has 2 aliphatic rings. The van der Waals surface area contributed by atoms with E-state index in [2.05, 4.69) is 6.07 Å². The van der Waals surface area contributed by atoms with Gasteiger partial charge in [0, 0.05) is 24.3 Å². The summed E-state index contributed by atoms with van der Waals surface area (Å²) < 4.78 is 0. The van der Waals surface area contributed by atoms with Gasteiger partial charge in [0.05, 0.1) is 0 Å². The van der Waals surface area contributed by atoms with Crippen LogP contribution in [0.25, 0.3) is 0 Å². The Bertz CT molecular complexity index is 757. The van der Waals surface area contributed by atoms with Crippen molar-refractivity contribution in [3.63, 3.8) is 0 Å². The van der Waals surface area contributed by atoms with Crippen LogP contribution in [0.4, 0.5) is 5.69 Å². The van der Waals surface area contributed by atoms with Crippen molar-refractivity contribution in [1.29, 1.82) is 0 Å². The van der Waals surface area contributed by atoms with Crippen molar-refractivity contribution in [2.45, 2.75) is 18.9 Å². The molecule has 1 fully saturated rings. The van der Waals surface area contributed by atoms with Crippen LogP contribution in [0.5, 0.6) is 0 Å². The number of para-hydroxylation sites is 1. The minimum absolute atomic E-state index is 0.0467. The third-order valence-corrected chi connectivity index (χ3v) is 4.74. The number of hydrogen-bond acceptors (Lipinski definition) is 2. The Labute approximate surface area is 135 Å². The van der Waals surface area contributed by atoms with E-state index in [1.54, 1.807) is 17.0 Å². The summed E-state index contributed by atoms with van der Waals surface area (Å²) in [5.74, 6) is -0.00633. The van der Waals surface area contributed by atoms with Gasteiger partial charge in [0.15, 0.2) is 0 Å². The maximum absolute atomic E-state index is 12.9. The summed E-state index contributed by atoms with van der Waals surface area (Å²) in [6, 6.07) is 16.9. The lowest BCUT2D eigenvalue weighted by Crippen LogP contribution is -2.59. The lowest BCUT2D eigenvalue weighted by molar-refractivity contribution is -0.126. The molecule has 2 heterocycles. The van der Waals surface area contributed by atoms with Gasteiger partial charge >= 0.3 is 0 Å². The van der Waals surface area contributed by atoms with Crippen LogP contribution in [0.15, 0.2) is 54.6 Å². The topological polar surface area (TPSA) is 40.6 Å². The molecule has 0 N–H and O–H groups in total. The smallest absolute Gasteiger partial charge is 0.254 e. The van der Waals surface area contributed by atoms with Gasteiger partial charge in [-0.1, -0.05) is 36.4 Å². The van der Waals surface area contributed by atoms with Gasteiger partial charge in [-0.15, -0.1) is 0 Å². The largest absolute Gasteiger partial charge is 0.326 e. The average Bonchev–Trinajstić information content (AvgIpc) is 2.98. The third-order valence-electron chi connectivity index (χ3n) is 4.74. The van der Waals surface area contributed by atoms with Crippen molar-refractivity contribution in [3.05, 3.63) is 65.7 Å². The summed E-state index contributed by atoms with van der Waals surface area (Å²) in [7, 11) is 0. The predicted molar refractivity (Wildman–Crippen MR) is 88.4 cm³/mol. The first kappa shape index (κ1) is 14.0. The van der Waals surface area contributed by atoms with Crippen LogP contribution in [0.1, 0.15) is 22.3 Å². The van der Waals surface area contributed by atoms with E-state index < -0.39 is 0 Å².